The first-order valence-corrected chi connectivity index (χ1v) is 9.67. The minimum atomic E-state index is 0.434. The van der Waals surface area contributed by atoms with Gasteiger partial charge in [0, 0.05) is 25.2 Å². The largest absolute Gasteiger partial charge is 0.381 e. The van der Waals surface area contributed by atoms with E-state index >= 15 is 0 Å². The van der Waals surface area contributed by atoms with Gasteiger partial charge in [0.05, 0.1) is 6.61 Å². The summed E-state index contributed by atoms with van der Waals surface area (Å²) in [7, 11) is 0. The summed E-state index contributed by atoms with van der Waals surface area (Å²) in [6.07, 6.45) is 3.78. The smallest absolute Gasteiger partial charge is 0.0507 e. The maximum atomic E-state index is 5.51. The molecule has 2 atom stereocenters. The molecule has 0 spiro atoms. The van der Waals surface area contributed by atoms with Crippen LogP contribution < -0.4 is 5.32 Å². The quantitative estimate of drug-likeness (QED) is 0.889. The van der Waals surface area contributed by atoms with Gasteiger partial charge in [0.25, 0.3) is 0 Å². The Hall–Kier alpha value is -0.900. The maximum absolute atomic E-state index is 5.51. The second-order valence-corrected chi connectivity index (χ2v) is 7.99. The standard InChI is InChI=1S/C21H34N2O/c1-15-11-17(3)21(12-16(15)2)18(4)22-20-5-8-23(9-6-20)13-19-7-10-24-14-19/h11-12,18-20,22H,5-10,13-14H2,1-4H3/t18-,19-/m0/s1. The zero-order valence-electron chi connectivity index (χ0n) is 15.9. The van der Waals surface area contributed by atoms with Crippen LogP contribution >= 0.6 is 0 Å². The van der Waals surface area contributed by atoms with Gasteiger partial charge in [0.2, 0.25) is 0 Å². The lowest BCUT2D eigenvalue weighted by atomic mass is 9.95. The lowest BCUT2D eigenvalue weighted by Gasteiger charge is -2.35. The average molecular weight is 331 g/mol. The molecule has 0 radical (unpaired) electrons. The molecule has 3 rings (SSSR count). The molecule has 1 aromatic carbocycles. The van der Waals surface area contributed by atoms with E-state index in [0.717, 1.165) is 19.1 Å². The fraction of sp³-hybridized carbons (Fsp3) is 0.714. The molecule has 24 heavy (non-hydrogen) atoms. The first-order valence-electron chi connectivity index (χ1n) is 9.67. The van der Waals surface area contributed by atoms with Crippen molar-refractivity contribution in [2.75, 3.05) is 32.8 Å². The van der Waals surface area contributed by atoms with E-state index in [1.165, 1.54) is 61.2 Å². The van der Waals surface area contributed by atoms with Gasteiger partial charge in [0.15, 0.2) is 0 Å². The van der Waals surface area contributed by atoms with Crippen LogP contribution in [0.3, 0.4) is 0 Å². The Morgan fingerprint density at radius 3 is 2.46 bits per heavy atom. The Morgan fingerprint density at radius 2 is 1.79 bits per heavy atom. The molecule has 2 saturated heterocycles. The van der Waals surface area contributed by atoms with Crippen molar-refractivity contribution >= 4 is 0 Å². The van der Waals surface area contributed by atoms with E-state index < -0.39 is 0 Å². The summed E-state index contributed by atoms with van der Waals surface area (Å²) in [6, 6.07) is 5.79. The summed E-state index contributed by atoms with van der Waals surface area (Å²) in [5.74, 6) is 0.770. The van der Waals surface area contributed by atoms with E-state index in [1.807, 2.05) is 0 Å². The lowest BCUT2D eigenvalue weighted by molar-refractivity contribution is 0.145. The predicted octanol–water partition coefficient (Wildman–Crippen LogP) is 3.76. The molecule has 2 heterocycles. The van der Waals surface area contributed by atoms with E-state index in [2.05, 4.69) is 50.0 Å². The molecule has 2 aliphatic heterocycles. The van der Waals surface area contributed by atoms with Gasteiger partial charge >= 0.3 is 0 Å². The zero-order chi connectivity index (χ0) is 17.1. The molecular formula is C21H34N2O. The van der Waals surface area contributed by atoms with Gasteiger partial charge in [-0.3, -0.25) is 0 Å². The minimum absolute atomic E-state index is 0.434. The zero-order valence-corrected chi connectivity index (χ0v) is 15.9. The number of aryl methyl sites for hydroxylation is 3. The van der Waals surface area contributed by atoms with Crippen LogP contribution in [-0.2, 0) is 4.74 Å². The van der Waals surface area contributed by atoms with Gasteiger partial charge in [-0.05, 0) is 88.2 Å². The number of nitrogens with zero attached hydrogens (tertiary/aromatic N) is 1. The molecule has 2 aliphatic rings. The first kappa shape index (κ1) is 17.9. The van der Waals surface area contributed by atoms with Crippen molar-refractivity contribution in [2.24, 2.45) is 5.92 Å². The Balaban J connectivity index is 1.49. The molecule has 0 aliphatic carbocycles. The number of nitrogens with one attached hydrogen (secondary N) is 1. The monoisotopic (exact) mass is 330 g/mol. The molecule has 134 valence electrons. The van der Waals surface area contributed by atoms with Gasteiger partial charge in [-0.2, -0.15) is 0 Å². The van der Waals surface area contributed by atoms with Crippen molar-refractivity contribution in [1.82, 2.24) is 10.2 Å². The topological polar surface area (TPSA) is 24.5 Å². The highest BCUT2D eigenvalue weighted by Gasteiger charge is 2.24. The third-order valence-corrected chi connectivity index (χ3v) is 5.96. The Kier molecular flexibility index (Phi) is 5.96. The normalized spacial score (nSPS) is 24.4. The second-order valence-electron chi connectivity index (χ2n) is 7.99. The van der Waals surface area contributed by atoms with Crippen LogP contribution in [0.5, 0.6) is 0 Å². The van der Waals surface area contributed by atoms with Gasteiger partial charge in [-0.25, -0.2) is 0 Å². The molecule has 0 aromatic heterocycles. The van der Waals surface area contributed by atoms with E-state index in [4.69, 9.17) is 4.74 Å². The molecule has 1 aromatic rings. The Bertz CT molecular complexity index is 543. The summed E-state index contributed by atoms with van der Waals surface area (Å²) < 4.78 is 5.51. The molecule has 0 bridgehead atoms. The Morgan fingerprint density at radius 1 is 1.08 bits per heavy atom. The maximum Gasteiger partial charge on any atom is 0.0507 e. The molecular weight excluding hydrogens is 296 g/mol. The molecule has 0 unspecified atom stereocenters. The van der Waals surface area contributed by atoms with Crippen LogP contribution in [0.15, 0.2) is 12.1 Å². The summed E-state index contributed by atoms with van der Waals surface area (Å²) in [4.78, 5) is 2.64. The van der Waals surface area contributed by atoms with Crippen molar-refractivity contribution in [3.05, 3.63) is 34.4 Å². The van der Waals surface area contributed by atoms with Gasteiger partial charge in [-0.15, -0.1) is 0 Å². The number of hydrogen-bond acceptors (Lipinski definition) is 3. The van der Waals surface area contributed by atoms with Crippen LogP contribution in [-0.4, -0.2) is 43.8 Å². The van der Waals surface area contributed by atoms with Crippen molar-refractivity contribution in [1.29, 1.82) is 0 Å². The third-order valence-electron chi connectivity index (χ3n) is 5.96. The van der Waals surface area contributed by atoms with Crippen LogP contribution in [0, 0.1) is 26.7 Å². The number of piperidine rings is 1. The fourth-order valence-electron chi connectivity index (χ4n) is 4.27. The summed E-state index contributed by atoms with van der Waals surface area (Å²) in [6.45, 7) is 14.6. The SMILES string of the molecule is Cc1cc(C)c([C@H](C)NC2CCN(C[C@@H]3CCOC3)CC2)cc1C. The number of likely N-dealkylation sites (tertiary alicyclic amines) is 1. The third kappa shape index (κ3) is 4.38. The second kappa shape index (κ2) is 7.99. The molecule has 2 fully saturated rings. The van der Waals surface area contributed by atoms with Gasteiger partial charge in [0.1, 0.15) is 0 Å². The summed E-state index contributed by atoms with van der Waals surface area (Å²) in [5, 5.41) is 3.89. The summed E-state index contributed by atoms with van der Waals surface area (Å²) in [5.41, 5.74) is 5.67. The highest BCUT2D eigenvalue weighted by Crippen LogP contribution is 2.24. The molecule has 1 N–H and O–H groups in total. The highest BCUT2D eigenvalue weighted by molar-refractivity contribution is 5.38. The van der Waals surface area contributed by atoms with Gasteiger partial charge < -0.3 is 15.0 Å². The molecule has 3 heteroatoms. The highest BCUT2D eigenvalue weighted by atomic mass is 16.5. The predicted molar refractivity (Wildman–Crippen MR) is 101 cm³/mol. The minimum Gasteiger partial charge on any atom is -0.381 e. The van der Waals surface area contributed by atoms with Crippen LogP contribution in [0.2, 0.25) is 0 Å². The van der Waals surface area contributed by atoms with Gasteiger partial charge in [-0.1, -0.05) is 12.1 Å². The average Bonchev–Trinajstić information content (AvgIpc) is 3.05. The van der Waals surface area contributed by atoms with E-state index in [9.17, 15) is 0 Å². The van der Waals surface area contributed by atoms with E-state index in [0.29, 0.717) is 12.1 Å². The lowest BCUT2D eigenvalue weighted by Crippen LogP contribution is -2.44. The first-order chi connectivity index (χ1) is 11.5. The van der Waals surface area contributed by atoms with Crippen molar-refractivity contribution in [3.63, 3.8) is 0 Å². The van der Waals surface area contributed by atoms with Crippen LogP contribution in [0.1, 0.15) is 54.5 Å². The number of benzene rings is 1. The van der Waals surface area contributed by atoms with Crippen molar-refractivity contribution in [2.45, 2.75) is 59.0 Å². The van der Waals surface area contributed by atoms with Crippen molar-refractivity contribution < 1.29 is 4.74 Å². The van der Waals surface area contributed by atoms with E-state index in [-0.39, 0.29) is 0 Å². The fourth-order valence-corrected chi connectivity index (χ4v) is 4.27. The number of rotatable bonds is 5. The summed E-state index contributed by atoms with van der Waals surface area (Å²) >= 11 is 0. The number of ether oxygens (including phenoxy) is 1. The van der Waals surface area contributed by atoms with Crippen LogP contribution in [0.25, 0.3) is 0 Å². The molecule has 0 saturated carbocycles. The van der Waals surface area contributed by atoms with Crippen LogP contribution in [0.4, 0.5) is 0 Å². The molecule has 0 amide bonds. The Labute approximate surface area is 147 Å². The number of hydrogen-bond donors (Lipinski definition) is 1. The molecule has 3 nitrogen and oxygen atoms in total. The van der Waals surface area contributed by atoms with Crippen molar-refractivity contribution in [3.8, 4) is 0 Å². The van der Waals surface area contributed by atoms with E-state index in [1.54, 1.807) is 0 Å².